The van der Waals surface area contributed by atoms with Crippen LogP contribution in [-0.4, -0.2) is 16.7 Å². The summed E-state index contributed by atoms with van der Waals surface area (Å²) in [6.07, 6.45) is 2.82. The van der Waals surface area contributed by atoms with Gasteiger partial charge >= 0.3 is 5.97 Å². The highest BCUT2D eigenvalue weighted by atomic mass is 16.6. The molecular weight excluding hydrogens is 262 g/mol. The quantitative estimate of drug-likeness (QED) is 0.481. The second-order valence-corrected chi connectivity index (χ2v) is 4.60. The predicted octanol–water partition coefficient (Wildman–Crippen LogP) is 2.70. The van der Waals surface area contributed by atoms with Gasteiger partial charge in [-0.25, -0.2) is 4.79 Å². The topological polar surface area (TPSA) is 86.5 Å². The van der Waals surface area contributed by atoms with Gasteiger partial charge in [-0.2, -0.15) is 0 Å². The van der Waals surface area contributed by atoms with Crippen LogP contribution in [0.25, 0.3) is 0 Å². The molecule has 0 aromatic heterocycles. The summed E-state index contributed by atoms with van der Waals surface area (Å²) in [5.74, 6) is -0.642. The van der Waals surface area contributed by atoms with E-state index in [0.29, 0.717) is 24.8 Å². The maximum atomic E-state index is 12.0. The minimum atomic E-state index is -0.808. The first-order valence-corrected chi connectivity index (χ1v) is 6.18. The number of nitrogens with zero attached hydrogens (tertiary/aromatic N) is 1. The summed E-state index contributed by atoms with van der Waals surface area (Å²) in [4.78, 5) is 33.5. The number of hydrogen-bond donors (Lipinski definition) is 0. The Hall–Kier alpha value is -2.50. The van der Waals surface area contributed by atoms with Crippen molar-refractivity contribution in [3.63, 3.8) is 0 Å². The van der Waals surface area contributed by atoms with Gasteiger partial charge in [0.1, 0.15) is 11.3 Å². The third kappa shape index (κ3) is 3.09. The Labute approximate surface area is 115 Å². The Morgan fingerprint density at radius 3 is 2.75 bits per heavy atom. The maximum Gasteiger partial charge on any atom is 0.350 e. The third-order valence-electron chi connectivity index (χ3n) is 2.96. The zero-order valence-electron chi connectivity index (χ0n) is 10.9. The van der Waals surface area contributed by atoms with Gasteiger partial charge in [0.05, 0.1) is 4.92 Å². The van der Waals surface area contributed by atoms with Gasteiger partial charge in [-0.1, -0.05) is 6.07 Å². The van der Waals surface area contributed by atoms with Crippen LogP contribution in [0.2, 0.25) is 0 Å². The number of carbonyl (C=O) groups excluding carboxylic acids is 2. The second kappa shape index (κ2) is 5.64. The Kier molecular flexibility index (Phi) is 3.93. The molecule has 0 saturated carbocycles. The minimum absolute atomic E-state index is 0.0996. The van der Waals surface area contributed by atoms with Crippen LogP contribution in [-0.2, 0) is 9.53 Å². The molecule has 2 rings (SSSR count). The predicted molar refractivity (Wildman–Crippen MR) is 70.2 cm³/mol. The van der Waals surface area contributed by atoms with Crippen molar-refractivity contribution in [3.8, 4) is 0 Å². The van der Waals surface area contributed by atoms with Crippen molar-refractivity contribution in [2.45, 2.75) is 26.2 Å². The summed E-state index contributed by atoms with van der Waals surface area (Å²) in [6, 6.07) is 4.28. The van der Waals surface area contributed by atoms with Crippen LogP contribution in [0.5, 0.6) is 0 Å². The summed E-state index contributed by atoms with van der Waals surface area (Å²) in [5, 5.41) is 11.0. The zero-order chi connectivity index (χ0) is 14.7. The lowest BCUT2D eigenvalue weighted by Crippen LogP contribution is -2.12. The van der Waals surface area contributed by atoms with Crippen molar-refractivity contribution in [1.29, 1.82) is 0 Å². The van der Waals surface area contributed by atoms with Crippen molar-refractivity contribution in [3.05, 3.63) is 51.3 Å². The fourth-order valence-electron chi connectivity index (χ4n) is 1.98. The van der Waals surface area contributed by atoms with Crippen molar-refractivity contribution < 1.29 is 19.2 Å². The molecule has 20 heavy (non-hydrogen) atoms. The number of nitro benzene ring substituents is 1. The van der Waals surface area contributed by atoms with Gasteiger partial charge in [-0.3, -0.25) is 14.9 Å². The fraction of sp³-hybridized carbons (Fsp3) is 0.286. The molecule has 1 aromatic carbocycles. The molecular formula is C14H13NO5. The van der Waals surface area contributed by atoms with Crippen LogP contribution in [0.4, 0.5) is 5.69 Å². The first-order chi connectivity index (χ1) is 9.47. The molecule has 6 nitrogen and oxygen atoms in total. The van der Waals surface area contributed by atoms with Crippen LogP contribution in [0.1, 0.15) is 35.2 Å². The van der Waals surface area contributed by atoms with E-state index in [1.54, 1.807) is 13.0 Å². The normalized spacial score (nSPS) is 14.7. The number of ketones is 1. The number of allylic oxidation sites excluding steroid dienone is 2. The Morgan fingerprint density at radius 1 is 1.35 bits per heavy atom. The fourth-order valence-corrected chi connectivity index (χ4v) is 1.98. The molecule has 0 fully saturated rings. The molecule has 0 radical (unpaired) electrons. The molecule has 0 bridgehead atoms. The molecule has 1 aromatic rings. The van der Waals surface area contributed by atoms with Gasteiger partial charge < -0.3 is 4.74 Å². The molecule has 1 aliphatic rings. The van der Waals surface area contributed by atoms with E-state index in [1.165, 1.54) is 18.2 Å². The number of benzene rings is 1. The van der Waals surface area contributed by atoms with Gasteiger partial charge in [0.15, 0.2) is 5.78 Å². The lowest BCUT2D eigenvalue weighted by atomic mass is 10.1. The average molecular weight is 275 g/mol. The Morgan fingerprint density at radius 2 is 2.10 bits per heavy atom. The van der Waals surface area contributed by atoms with Gasteiger partial charge in [-0.15, -0.1) is 0 Å². The highest BCUT2D eigenvalue weighted by molar-refractivity contribution is 5.96. The summed E-state index contributed by atoms with van der Waals surface area (Å²) < 4.78 is 5.08. The summed E-state index contributed by atoms with van der Waals surface area (Å²) in [7, 11) is 0. The lowest BCUT2D eigenvalue weighted by Gasteiger charge is -2.12. The van der Waals surface area contributed by atoms with Gasteiger partial charge in [-0.05, 0) is 25.0 Å². The number of aryl methyl sites for hydroxylation is 1. The van der Waals surface area contributed by atoms with Crippen molar-refractivity contribution >= 4 is 17.4 Å². The van der Waals surface area contributed by atoms with Crippen molar-refractivity contribution in [1.82, 2.24) is 0 Å². The van der Waals surface area contributed by atoms with Crippen LogP contribution < -0.4 is 0 Å². The molecule has 104 valence electrons. The van der Waals surface area contributed by atoms with Gasteiger partial charge in [0.25, 0.3) is 5.69 Å². The van der Waals surface area contributed by atoms with E-state index >= 15 is 0 Å². The van der Waals surface area contributed by atoms with E-state index in [9.17, 15) is 19.7 Å². The first kappa shape index (κ1) is 13.9. The van der Waals surface area contributed by atoms with Gasteiger partial charge in [0, 0.05) is 25.0 Å². The van der Waals surface area contributed by atoms with Crippen molar-refractivity contribution in [2.24, 2.45) is 0 Å². The molecule has 0 N–H and O–H groups in total. The summed E-state index contributed by atoms with van der Waals surface area (Å²) >= 11 is 0. The molecule has 0 spiro atoms. The zero-order valence-corrected chi connectivity index (χ0v) is 10.9. The minimum Gasteiger partial charge on any atom is -0.427 e. The van der Waals surface area contributed by atoms with Crippen LogP contribution in [0.15, 0.2) is 30.0 Å². The molecule has 1 aliphatic carbocycles. The largest absolute Gasteiger partial charge is 0.427 e. The molecule has 0 aliphatic heterocycles. The number of ether oxygens (including phenoxy) is 1. The molecule has 0 saturated heterocycles. The van der Waals surface area contributed by atoms with E-state index in [-0.39, 0.29) is 22.8 Å². The number of carbonyl (C=O) groups is 2. The van der Waals surface area contributed by atoms with E-state index in [2.05, 4.69) is 0 Å². The Bertz CT molecular complexity index is 618. The van der Waals surface area contributed by atoms with E-state index in [1.807, 2.05) is 0 Å². The molecule has 0 atom stereocenters. The SMILES string of the molecule is Cc1ccc(C(=O)OC2=CC(=O)CCC2)c([N+](=O)[O-])c1. The number of nitro groups is 1. The lowest BCUT2D eigenvalue weighted by molar-refractivity contribution is -0.385. The summed E-state index contributed by atoms with van der Waals surface area (Å²) in [6.45, 7) is 1.70. The molecule has 0 amide bonds. The number of rotatable bonds is 3. The van der Waals surface area contributed by atoms with E-state index in [4.69, 9.17) is 4.74 Å². The van der Waals surface area contributed by atoms with E-state index < -0.39 is 10.9 Å². The number of hydrogen-bond acceptors (Lipinski definition) is 5. The average Bonchev–Trinajstić information content (AvgIpc) is 2.38. The van der Waals surface area contributed by atoms with Crippen LogP contribution in [0.3, 0.4) is 0 Å². The molecule has 0 unspecified atom stereocenters. The number of esters is 1. The smallest absolute Gasteiger partial charge is 0.350 e. The highest BCUT2D eigenvalue weighted by Gasteiger charge is 2.23. The Balaban J connectivity index is 2.25. The molecule has 6 heteroatoms. The summed E-state index contributed by atoms with van der Waals surface area (Å²) in [5.41, 5.74) is 0.276. The van der Waals surface area contributed by atoms with Crippen LogP contribution in [0, 0.1) is 17.0 Å². The molecule has 0 heterocycles. The monoisotopic (exact) mass is 275 g/mol. The maximum absolute atomic E-state index is 12.0. The second-order valence-electron chi connectivity index (χ2n) is 4.60. The highest BCUT2D eigenvalue weighted by Crippen LogP contribution is 2.24. The third-order valence-corrected chi connectivity index (χ3v) is 2.96. The van der Waals surface area contributed by atoms with Crippen LogP contribution >= 0.6 is 0 Å². The van der Waals surface area contributed by atoms with Crippen molar-refractivity contribution in [2.75, 3.05) is 0 Å². The first-order valence-electron chi connectivity index (χ1n) is 6.18. The van der Waals surface area contributed by atoms with Gasteiger partial charge in [0.2, 0.25) is 0 Å². The van der Waals surface area contributed by atoms with E-state index in [0.717, 1.165) is 0 Å². The standard InChI is InChI=1S/C14H13NO5/c1-9-5-6-12(13(7-9)15(18)19)14(17)20-11-4-2-3-10(16)8-11/h5-8H,2-4H2,1H3.